The number of sulfone groups is 1. The second kappa shape index (κ2) is 9.39. The van der Waals surface area contributed by atoms with Crippen molar-refractivity contribution in [3.63, 3.8) is 0 Å². The molecule has 0 saturated heterocycles. The van der Waals surface area contributed by atoms with E-state index in [9.17, 15) is 8.42 Å². The van der Waals surface area contributed by atoms with Crippen LogP contribution < -0.4 is 15.4 Å². The number of guanidine groups is 1. The number of ether oxygens (including phenoxy) is 1. The molecule has 0 amide bonds. The Morgan fingerprint density at radius 2 is 2.00 bits per heavy atom. The van der Waals surface area contributed by atoms with Crippen LogP contribution in [-0.2, 0) is 16.4 Å². The first-order chi connectivity index (χ1) is 10.9. The molecule has 0 unspecified atom stereocenters. The molecular formula is C16H27N3O3S. The first-order valence-corrected chi connectivity index (χ1v) is 9.61. The molecule has 23 heavy (non-hydrogen) atoms. The maximum Gasteiger partial charge on any atom is 0.191 e. The lowest BCUT2D eigenvalue weighted by molar-refractivity contribution is 0.336. The lowest BCUT2D eigenvalue weighted by atomic mass is 10.1. The first kappa shape index (κ1) is 19.3. The zero-order chi connectivity index (χ0) is 17.3. The van der Waals surface area contributed by atoms with E-state index in [0.717, 1.165) is 16.9 Å². The Balaban J connectivity index is 2.58. The molecule has 0 aromatic heterocycles. The minimum atomic E-state index is -2.97. The van der Waals surface area contributed by atoms with Gasteiger partial charge in [-0.1, -0.05) is 19.1 Å². The molecule has 0 heterocycles. The van der Waals surface area contributed by atoms with Crippen molar-refractivity contribution in [2.45, 2.75) is 27.3 Å². The van der Waals surface area contributed by atoms with Crippen LogP contribution in [-0.4, -0.2) is 46.1 Å². The van der Waals surface area contributed by atoms with Crippen LogP contribution in [0.25, 0.3) is 0 Å². The Morgan fingerprint density at radius 3 is 2.61 bits per heavy atom. The Kier molecular flexibility index (Phi) is 7.88. The molecule has 0 bridgehead atoms. The van der Waals surface area contributed by atoms with Gasteiger partial charge in [-0.3, -0.25) is 4.99 Å². The Bertz CT molecular complexity index is 627. The molecule has 0 aliphatic carbocycles. The molecule has 0 radical (unpaired) electrons. The molecule has 2 N–H and O–H groups in total. The number of rotatable bonds is 8. The zero-order valence-electron chi connectivity index (χ0n) is 14.3. The monoisotopic (exact) mass is 341 g/mol. The maximum atomic E-state index is 11.5. The summed E-state index contributed by atoms with van der Waals surface area (Å²) in [4.78, 5) is 4.10. The molecular weight excluding hydrogens is 314 g/mol. The van der Waals surface area contributed by atoms with E-state index in [4.69, 9.17) is 4.74 Å². The normalized spacial score (nSPS) is 12.1. The predicted octanol–water partition coefficient (Wildman–Crippen LogP) is 1.49. The highest BCUT2D eigenvalue weighted by Gasteiger charge is 2.08. The van der Waals surface area contributed by atoms with E-state index in [-0.39, 0.29) is 11.5 Å². The van der Waals surface area contributed by atoms with E-state index in [0.29, 0.717) is 25.7 Å². The van der Waals surface area contributed by atoms with Gasteiger partial charge in [0.25, 0.3) is 0 Å². The molecule has 7 heteroatoms. The van der Waals surface area contributed by atoms with Gasteiger partial charge in [-0.05, 0) is 25.5 Å². The number of hydrogen-bond donors (Lipinski definition) is 2. The van der Waals surface area contributed by atoms with Crippen LogP contribution in [0.15, 0.2) is 23.2 Å². The van der Waals surface area contributed by atoms with Crippen molar-refractivity contribution in [1.82, 2.24) is 10.6 Å². The molecule has 1 aromatic rings. The van der Waals surface area contributed by atoms with Crippen molar-refractivity contribution < 1.29 is 13.2 Å². The molecule has 0 saturated carbocycles. The standard InChI is InChI=1S/C16H27N3O3S/c1-5-22-15-11-13(3)7-8-14(15)12-19-16(17-4)18-9-10-23(20,21)6-2/h7-8,11H,5-6,9-10,12H2,1-4H3,(H2,17,18,19). The van der Waals surface area contributed by atoms with Gasteiger partial charge in [-0.25, -0.2) is 8.42 Å². The zero-order valence-corrected chi connectivity index (χ0v) is 15.2. The van der Waals surface area contributed by atoms with E-state index in [1.807, 2.05) is 32.0 Å². The summed E-state index contributed by atoms with van der Waals surface area (Å²) in [5, 5.41) is 6.18. The van der Waals surface area contributed by atoms with E-state index in [2.05, 4.69) is 15.6 Å². The molecule has 0 aliphatic rings. The van der Waals surface area contributed by atoms with Gasteiger partial charge in [0.2, 0.25) is 0 Å². The van der Waals surface area contributed by atoms with Crippen LogP contribution in [0.4, 0.5) is 0 Å². The van der Waals surface area contributed by atoms with Crippen LogP contribution in [0.1, 0.15) is 25.0 Å². The van der Waals surface area contributed by atoms with Gasteiger partial charge in [-0.2, -0.15) is 0 Å². The average molecular weight is 341 g/mol. The number of aliphatic imine (C=N–C) groups is 1. The van der Waals surface area contributed by atoms with E-state index < -0.39 is 9.84 Å². The summed E-state index contributed by atoms with van der Waals surface area (Å²) in [6, 6.07) is 6.05. The quantitative estimate of drug-likeness (QED) is 0.553. The molecule has 6 nitrogen and oxygen atoms in total. The van der Waals surface area contributed by atoms with Crippen molar-refractivity contribution in [2.24, 2.45) is 4.99 Å². The molecule has 1 rings (SSSR count). The second-order valence-electron chi connectivity index (χ2n) is 5.13. The van der Waals surface area contributed by atoms with E-state index in [1.165, 1.54) is 0 Å². The summed E-state index contributed by atoms with van der Waals surface area (Å²) < 4.78 is 28.6. The second-order valence-corrected chi connectivity index (χ2v) is 7.61. The predicted molar refractivity (Wildman–Crippen MR) is 94.9 cm³/mol. The summed E-state index contributed by atoms with van der Waals surface area (Å²) >= 11 is 0. The van der Waals surface area contributed by atoms with Crippen molar-refractivity contribution in [3.05, 3.63) is 29.3 Å². The van der Waals surface area contributed by atoms with Crippen molar-refractivity contribution in [2.75, 3.05) is 31.7 Å². The topological polar surface area (TPSA) is 79.8 Å². The van der Waals surface area contributed by atoms with Crippen molar-refractivity contribution >= 4 is 15.8 Å². The largest absolute Gasteiger partial charge is 0.494 e. The lowest BCUT2D eigenvalue weighted by Gasteiger charge is -2.15. The van der Waals surface area contributed by atoms with Crippen LogP contribution in [0.2, 0.25) is 0 Å². The summed E-state index contributed by atoms with van der Waals surface area (Å²) in [6.45, 7) is 7.12. The van der Waals surface area contributed by atoms with Crippen LogP contribution in [0.3, 0.4) is 0 Å². The average Bonchev–Trinajstić information content (AvgIpc) is 2.52. The van der Waals surface area contributed by atoms with Gasteiger partial charge in [0.15, 0.2) is 15.8 Å². The minimum absolute atomic E-state index is 0.0962. The molecule has 0 atom stereocenters. The first-order valence-electron chi connectivity index (χ1n) is 7.79. The summed E-state index contributed by atoms with van der Waals surface area (Å²) in [5.41, 5.74) is 2.17. The Hall–Kier alpha value is -1.76. The highest BCUT2D eigenvalue weighted by atomic mass is 32.2. The lowest BCUT2D eigenvalue weighted by Crippen LogP contribution is -2.39. The van der Waals surface area contributed by atoms with Crippen LogP contribution in [0.5, 0.6) is 5.75 Å². The van der Waals surface area contributed by atoms with Gasteiger partial charge in [0.1, 0.15) is 5.75 Å². The van der Waals surface area contributed by atoms with Crippen LogP contribution in [0, 0.1) is 6.92 Å². The fraction of sp³-hybridized carbons (Fsp3) is 0.562. The summed E-state index contributed by atoms with van der Waals surface area (Å²) in [7, 11) is -1.32. The SMILES string of the molecule is CCOc1cc(C)ccc1CNC(=NC)NCCS(=O)(=O)CC. The highest BCUT2D eigenvalue weighted by molar-refractivity contribution is 7.91. The third-order valence-corrected chi connectivity index (χ3v) is 5.04. The van der Waals surface area contributed by atoms with Gasteiger partial charge >= 0.3 is 0 Å². The molecule has 1 aromatic carbocycles. The summed E-state index contributed by atoms with van der Waals surface area (Å²) in [6.07, 6.45) is 0. The Morgan fingerprint density at radius 1 is 1.26 bits per heavy atom. The Labute approximate surface area is 139 Å². The number of nitrogens with one attached hydrogen (secondary N) is 2. The number of hydrogen-bond acceptors (Lipinski definition) is 4. The van der Waals surface area contributed by atoms with E-state index in [1.54, 1.807) is 14.0 Å². The third kappa shape index (κ3) is 6.90. The molecule has 0 aliphatic heterocycles. The van der Waals surface area contributed by atoms with E-state index >= 15 is 0 Å². The van der Waals surface area contributed by atoms with Crippen molar-refractivity contribution in [3.8, 4) is 5.75 Å². The third-order valence-electron chi connectivity index (χ3n) is 3.34. The fourth-order valence-electron chi connectivity index (χ4n) is 1.97. The van der Waals surface area contributed by atoms with Crippen LogP contribution >= 0.6 is 0 Å². The molecule has 130 valence electrons. The smallest absolute Gasteiger partial charge is 0.191 e. The maximum absolute atomic E-state index is 11.5. The minimum Gasteiger partial charge on any atom is -0.494 e. The number of nitrogens with zero attached hydrogens (tertiary/aromatic N) is 1. The highest BCUT2D eigenvalue weighted by Crippen LogP contribution is 2.20. The van der Waals surface area contributed by atoms with Gasteiger partial charge in [0, 0.05) is 31.5 Å². The number of benzene rings is 1. The van der Waals surface area contributed by atoms with Gasteiger partial charge in [-0.15, -0.1) is 0 Å². The fourth-order valence-corrected chi connectivity index (χ4v) is 2.67. The molecule has 0 fully saturated rings. The van der Waals surface area contributed by atoms with Gasteiger partial charge in [0.05, 0.1) is 12.4 Å². The molecule has 0 spiro atoms. The van der Waals surface area contributed by atoms with Gasteiger partial charge < -0.3 is 15.4 Å². The van der Waals surface area contributed by atoms with Crippen molar-refractivity contribution in [1.29, 1.82) is 0 Å². The number of aryl methyl sites for hydroxylation is 1. The summed E-state index contributed by atoms with van der Waals surface area (Å²) in [5.74, 6) is 1.67.